The average Bonchev–Trinajstić information content (AvgIpc) is 2.72. The number of carboxylic acid groups (broad SMARTS) is 1. The lowest BCUT2D eigenvalue weighted by Gasteiger charge is -2.29. The van der Waals surface area contributed by atoms with Gasteiger partial charge >= 0.3 is 5.97 Å². The minimum Gasteiger partial charge on any atom is -0.478 e. The molecular weight excluding hydrogens is 244 g/mol. The number of likely N-dealkylation sites (N-methyl/N-ethyl adjacent to an activating group) is 1. The van der Waals surface area contributed by atoms with Crippen LogP contribution in [0.15, 0.2) is 6.07 Å². The van der Waals surface area contributed by atoms with E-state index in [1.165, 1.54) is 0 Å². The molecule has 1 aromatic rings. The number of pyridine rings is 1. The standard InChI is InChI=1S/C14H20N2O3/c1-8-7-9(2)15-13(12(8)14(17)18)16(4)11-5-6-19-10(11)3/h7,10-11H,5-6H2,1-4H3,(H,17,18). The highest BCUT2D eigenvalue weighted by Crippen LogP contribution is 2.27. The lowest BCUT2D eigenvalue weighted by molar-refractivity contribution is 0.0695. The van der Waals surface area contributed by atoms with Gasteiger partial charge in [0.1, 0.15) is 11.4 Å². The van der Waals surface area contributed by atoms with E-state index in [0.29, 0.717) is 12.4 Å². The quantitative estimate of drug-likeness (QED) is 0.904. The van der Waals surface area contributed by atoms with Crippen molar-refractivity contribution in [2.45, 2.75) is 39.3 Å². The third-order valence-corrected chi connectivity index (χ3v) is 3.71. The number of carboxylic acids is 1. The molecule has 5 nitrogen and oxygen atoms in total. The lowest BCUT2D eigenvalue weighted by atomic mass is 10.1. The van der Waals surface area contributed by atoms with Crippen molar-refractivity contribution in [3.63, 3.8) is 0 Å². The molecule has 0 saturated carbocycles. The second-order valence-electron chi connectivity index (χ2n) is 5.13. The van der Waals surface area contributed by atoms with Crippen LogP contribution in [0.25, 0.3) is 0 Å². The molecule has 2 heterocycles. The topological polar surface area (TPSA) is 62.7 Å². The summed E-state index contributed by atoms with van der Waals surface area (Å²) in [5.41, 5.74) is 1.86. The Kier molecular flexibility index (Phi) is 3.75. The van der Waals surface area contributed by atoms with E-state index < -0.39 is 5.97 Å². The van der Waals surface area contributed by atoms with Gasteiger partial charge in [-0.05, 0) is 38.8 Å². The first-order chi connectivity index (χ1) is 8.91. The molecule has 0 bridgehead atoms. The van der Waals surface area contributed by atoms with Crippen molar-refractivity contribution in [3.05, 3.63) is 22.9 Å². The largest absolute Gasteiger partial charge is 0.478 e. The van der Waals surface area contributed by atoms with E-state index >= 15 is 0 Å². The molecule has 0 aromatic carbocycles. The molecule has 0 radical (unpaired) electrons. The minimum atomic E-state index is -0.932. The van der Waals surface area contributed by atoms with Gasteiger partial charge in [-0.2, -0.15) is 0 Å². The number of anilines is 1. The number of ether oxygens (including phenoxy) is 1. The predicted octanol–water partition coefficient (Wildman–Crippen LogP) is 2.01. The molecular formula is C14H20N2O3. The molecule has 1 N–H and O–H groups in total. The Hall–Kier alpha value is -1.62. The Morgan fingerprint density at radius 2 is 2.21 bits per heavy atom. The molecule has 5 heteroatoms. The van der Waals surface area contributed by atoms with Gasteiger partial charge in [-0.1, -0.05) is 0 Å². The van der Waals surface area contributed by atoms with Crippen molar-refractivity contribution >= 4 is 11.8 Å². The summed E-state index contributed by atoms with van der Waals surface area (Å²) < 4.78 is 5.55. The van der Waals surface area contributed by atoms with Crippen LogP contribution in [0.4, 0.5) is 5.82 Å². The van der Waals surface area contributed by atoms with Gasteiger partial charge in [-0.15, -0.1) is 0 Å². The Balaban J connectivity index is 2.45. The van der Waals surface area contributed by atoms with Crippen LogP contribution in [0.5, 0.6) is 0 Å². The summed E-state index contributed by atoms with van der Waals surface area (Å²) in [7, 11) is 1.89. The highest BCUT2D eigenvalue weighted by Gasteiger charge is 2.31. The number of hydrogen-bond acceptors (Lipinski definition) is 4. The van der Waals surface area contributed by atoms with Crippen molar-refractivity contribution in [2.24, 2.45) is 0 Å². The molecule has 104 valence electrons. The molecule has 19 heavy (non-hydrogen) atoms. The zero-order chi connectivity index (χ0) is 14.2. The second-order valence-corrected chi connectivity index (χ2v) is 5.13. The van der Waals surface area contributed by atoms with E-state index in [0.717, 1.165) is 17.7 Å². The van der Waals surface area contributed by atoms with Crippen LogP contribution in [-0.4, -0.2) is 41.9 Å². The van der Waals surface area contributed by atoms with E-state index in [4.69, 9.17) is 4.74 Å². The molecule has 2 atom stereocenters. The fourth-order valence-electron chi connectivity index (χ4n) is 2.72. The molecule has 1 aliphatic rings. The van der Waals surface area contributed by atoms with Crippen LogP contribution >= 0.6 is 0 Å². The van der Waals surface area contributed by atoms with Crippen LogP contribution in [0.3, 0.4) is 0 Å². The maximum absolute atomic E-state index is 11.5. The summed E-state index contributed by atoms with van der Waals surface area (Å²) in [6.45, 7) is 6.41. The number of aromatic carboxylic acids is 1. The normalized spacial score (nSPS) is 22.5. The van der Waals surface area contributed by atoms with E-state index in [1.54, 1.807) is 6.07 Å². The first-order valence-electron chi connectivity index (χ1n) is 6.47. The molecule has 2 unspecified atom stereocenters. The minimum absolute atomic E-state index is 0.0919. The smallest absolute Gasteiger partial charge is 0.339 e. The van der Waals surface area contributed by atoms with E-state index in [-0.39, 0.29) is 17.7 Å². The van der Waals surface area contributed by atoms with E-state index in [9.17, 15) is 9.90 Å². The third-order valence-electron chi connectivity index (χ3n) is 3.71. The highest BCUT2D eigenvalue weighted by molar-refractivity contribution is 5.95. The van der Waals surface area contributed by atoms with Crippen LogP contribution in [0.2, 0.25) is 0 Å². The van der Waals surface area contributed by atoms with Gasteiger partial charge in [-0.25, -0.2) is 9.78 Å². The van der Waals surface area contributed by atoms with Gasteiger partial charge < -0.3 is 14.7 Å². The number of rotatable bonds is 3. The molecule has 1 aromatic heterocycles. The third kappa shape index (κ3) is 2.56. The first-order valence-corrected chi connectivity index (χ1v) is 6.47. The molecule has 0 aliphatic carbocycles. The molecule has 1 aliphatic heterocycles. The average molecular weight is 264 g/mol. The SMILES string of the molecule is Cc1cc(C)c(C(=O)O)c(N(C)C2CCOC2C)n1. The maximum Gasteiger partial charge on any atom is 0.339 e. The van der Waals surface area contributed by atoms with Gasteiger partial charge in [0.05, 0.1) is 12.1 Å². The fourth-order valence-corrected chi connectivity index (χ4v) is 2.72. The Morgan fingerprint density at radius 3 is 2.74 bits per heavy atom. The van der Waals surface area contributed by atoms with Crippen LogP contribution in [0.1, 0.15) is 35.0 Å². The number of nitrogens with zero attached hydrogens (tertiary/aromatic N) is 2. The van der Waals surface area contributed by atoms with Gasteiger partial charge in [0.25, 0.3) is 0 Å². The zero-order valence-electron chi connectivity index (χ0n) is 11.8. The van der Waals surface area contributed by atoms with Crippen molar-refractivity contribution in [1.82, 2.24) is 4.98 Å². The van der Waals surface area contributed by atoms with Gasteiger partial charge in [-0.3, -0.25) is 0 Å². The van der Waals surface area contributed by atoms with Gasteiger partial charge in [0, 0.05) is 19.3 Å². The van der Waals surface area contributed by atoms with E-state index in [2.05, 4.69) is 4.98 Å². The zero-order valence-corrected chi connectivity index (χ0v) is 11.8. The van der Waals surface area contributed by atoms with Crippen molar-refractivity contribution in [2.75, 3.05) is 18.6 Å². The van der Waals surface area contributed by atoms with E-state index in [1.807, 2.05) is 32.7 Å². The predicted molar refractivity (Wildman–Crippen MR) is 72.9 cm³/mol. The van der Waals surface area contributed by atoms with Crippen LogP contribution in [0, 0.1) is 13.8 Å². The van der Waals surface area contributed by atoms with Crippen LogP contribution < -0.4 is 4.90 Å². The van der Waals surface area contributed by atoms with Crippen molar-refractivity contribution < 1.29 is 14.6 Å². The summed E-state index contributed by atoms with van der Waals surface area (Å²) in [5.74, 6) is -0.397. The second kappa shape index (κ2) is 5.17. The highest BCUT2D eigenvalue weighted by atomic mass is 16.5. The van der Waals surface area contributed by atoms with Crippen LogP contribution in [-0.2, 0) is 4.74 Å². The number of aromatic nitrogens is 1. The molecule has 0 amide bonds. The Morgan fingerprint density at radius 1 is 1.53 bits per heavy atom. The molecule has 2 rings (SSSR count). The first kappa shape index (κ1) is 13.8. The molecule has 1 saturated heterocycles. The van der Waals surface area contributed by atoms with Crippen molar-refractivity contribution in [3.8, 4) is 0 Å². The Bertz CT molecular complexity index is 502. The maximum atomic E-state index is 11.5. The fraction of sp³-hybridized carbons (Fsp3) is 0.571. The summed E-state index contributed by atoms with van der Waals surface area (Å²) >= 11 is 0. The molecule has 1 fully saturated rings. The molecule has 0 spiro atoms. The summed E-state index contributed by atoms with van der Waals surface area (Å²) in [5, 5.41) is 9.40. The Labute approximate surface area is 113 Å². The number of carbonyl (C=O) groups is 1. The lowest BCUT2D eigenvalue weighted by Crippen LogP contribution is -2.38. The summed E-state index contributed by atoms with van der Waals surface area (Å²) in [4.78, 5) is 17.8. The monoisotopic (exact) mass is 264 g/mol. The number of aryl methyl sites for hydroxylation is 2. The van der Waals surface area contributed by atoms with Gasteiger partial charge in [0.15, 0.2) is 0 Å². The summed E-state index contributed by atoms with van der Waals surface area (Å²) in [6.07, 6.45) is 0.986. The number of hydrogen-bond donors (Lipinski definition) is 1. The summed E-state index contributed by atoms with van der Waals surface area (Å²) in [6, 6.07) is 1.97. The van der Waals surface area contributed by atoms with Gasteiger partial charge in [0.2, 0.25) is 0 Å². The van der Waals surface area contributed by atoms with Crippen molar-refractivity contribution in [1.29, 1.82) is 0 Å².